The molecule has 1 unspecified atom stereocenters. The topological polar surface area (TPSA) is 9.23 Å². The van der Waals surface area contributed by atoms with Crippen LogP contribution in [0.2, 0.25) is 0 Å². The number of ether oxygens (including phenoxy) is 1. The SMILES string of the molecule is [CH2]C(Cl)COC=CCCCC. The molecule has 1 atom stereocenters. The average molecular weight is 176 g/mol. The van der Waals surface area contributed by atoms with Crippen molar-refractivity contribution in [2.24, 2.45) is 0 Å². The van der Waals surface area contributed by atoms with E-state index in [1.54, 1.807) is 6.26 Å². The highest BCUT2D eigenvalue weighted by Gasteiger charge is 1.91. The monoisotopic (exact) mass is 175 g/mol. The summed E-state index contributed by atoms with van der Waals surface area (Å²) < 4.78 is 5.07. The van der Waals surface area contributed by atoms with E-state index in [0.29, 0.717) is 6.61 Å². The fourth-order valence-electron chi connectivity index (χ4n) is 0.618. The zero-order valence-electron chi connectivity index (χ0n) is 7.05. The Kier molecular flexibility index (Phi) is 7.81. The number of hydrogen-bond donors (Lipinski definition) is 0. The van der Waals surface area contributed by atoms with Gasteiger partial charge in [-0.05, 0) is 25.8 Å². The molecule has 0 fully saturated rings. The molecule has 0 spiro atoms. The van der Waals surface area contributed by atoms with E-state index >= 15 is 0 Å². The van der Waals surface area contributed by atoms with Crippen molar-refractivity contribution in [1.29, 1.82) is 0 Å². The summed E-state index contributed by atoms with van der Waals surface area (Å²) >= 11 is 5.55. The van der Waals surface area contributed by atoms with Gasteiger partial charge in [0.05, 0.1) is 11.6 Å². The molecule has 0 amide bonds. The standard InChI is InChI=1S/C9H16ClO/c1-3-4-5-6-7-11-8-9(2)10/h6-7,9H,2-5,8H2,1H3. The smallest absolute Gasteiger partial charge is 0.104 e. The van der Waals surface area contributed by atoms with Crippen molar-refractivity contribution in [3.63, 3.8) is 0 Å². The van der Waals surface area contributed by atoms with Crippen molar-refractivity contribution in [3.05, 3.63) is 19.3 Å². The first-order valence-corrected chi connectivity index (χ1v) is 4.44. The van der Waals surface area contributed by atoms with Gasteiger partial charge in [0.1, 0.15) is 6.61 Å². The number of halogens is 1. The van der Waals surface area contributed by atoms with E-state index in [-0.39, 0.29) is 5.38 Å². The van der Waals surface area contributed by atoms with Gasteiger partial charge >= 0.3 is 0 Å². The van der Waals surface area contributed by atoms with E-state index in [2.05, 4.69) is 13.8 Å². The molecule has 0 aliphatic carbocycles. The van der Waals surface area contributed by atoms with Gasteiger partial charge in [0.25, 0.3) is 0 Å². The third kappa shape index (κ3) is 9.83. The zero-order chi connectivity index (χ0) is 8.53. The van der Waals surface area contributed by atoms with Gasteiger partial charge in [0, 0.05) is 0 Å². The van der Waals surface area contributed by atoms with Crippen molar-refractivity contribution in [3.8, 4) is 0 Å². The molecule has 0 aliphatic rings. The average Bonchev–Trinajstić information content (AvgIpc) is 1.96. The lowest BCUT2D eigenvalue weighted by Gasteiger charge is -2.00. The Morgan fingerprint density at radius 3 is 2.91 bits per heavy atom. The van der Waals surface area contributed by atoms with Crippen molar-refractivity contribution < 1.29 is 4.74 Å². The van der Waals surface area contributed by atoms with Crippen LogP contribution in [0.1, 0.15) is 26.2 Å². The second-order valence-electron chi connectivity index (χ2n) is 2.44. The van der Waals surface area contributed by atoms with Crippen LogP contribution in [0.4, 0.5) is 0 Å². The third-order valence-electron chi connectivity index (χ3n) is 1.19. The summed E-state index contributed by atoms with van der Waals surface area (Å²) in [6.45, 7) is 6.24. The summed E-state index contributed by atoms with van der Waals surface area (Å²) in [5.74, 6) is 0. The molecule has 0 saturated carbocycles. The molecule has 0 rings (SSSR count). The highest BCUT2D eigenvalue weighted by Crippen LogP contribution is 1.97. The molecular weight excluding hydrogens is 160 g/mol. The molecule has 0 aromatic rings. The quantitative estimate of drug-likeness (QED) is 0.342. The second-order valence-corrected chi connectivity index (χ2v) is 3.06. The van der Waals surface area contributed by atoms with Gasteiger partial charge in [0.2, 0.25) is 0 Å². The van der Waals surface area contributed by atoms with Gasteiger partial charge in [-0.2, -0.15) is 0 Å². The molecule has 1 nitrogen and oxygen atoms in total. The fraction of sp³-hybridized carbons (Fsp3) is 0.667. The van der Waals surface area contributed by atoms with Crippen LogP contribution in [0.3, 0.4) is 0 Å². The molecule has 0 heterocycles. The number of unbranched alkanes of at least 4 members (excludes halogenated alkanes) is 2. The molecule has 0 N–H and O–H groups in total. The zero-order valence-corrected chi connectivity index (χ0v) is 7.81. The Labute approximate surface area is 74.4 Å². The maximum absolute atomic E-state index is 5.55. The van der Waals surface area contributed by atoms with Gasteiger partial charge in [0.15, 0.2) is 0 Å². The summed E-state index contributed by atoms with van der Waals surface area (Å²) in [5.41, 5.74) is 0. The molecule has 11 heavy (non-hydrogen) atoms. The Bertz CT molecular complexity index is 99.7. The highest BCUT2D eigenvalue weighted by atomic mass is 35.5. The third-order valence-corrected chi connectivity index (χ3v) is 1.32. The predicted octanol–water partition coefficient (Wildman–Crippen LogP) is 3.15. The minimum Gasteiger partial charge on any atom is -0.500 e. The summed E-state index contributed by atoms with van der Waals surface area (Å²) in [6, 6.07) is 0. The van der Waals surface area contributed by atoms with E-state index < -0.39 is 0 Å². The molecule has 0 saturated heterocycles. The van der Waals surface area contributed by atoms with Gasteiger partial charge in [-0.1, -0.05) is 13.3 Å². The number of rotatable bonds is 6. The Morgan fingerprint density at radius 1 is 1.64 bits per heavy atom. The van der Waals surface area contributed by atoms with E-state index in [0.717, 1.165) is 6.42 Å². The van der Waals surface area contributed by atoms with Crippen LogP contribution < -0.4 is 0 Å². The fourth-order valence-corrected chi connectivity index (χ4v) is 0.691. The van der Waals surface area contributed by atoms with Crippen molar-refractivity contribution in [1.82, 2.24) is 0 Å². The highest BCUT2D eigenvalue weighted by molar-refractivity contribution is 6.21. The second kappa shape index (κ2) is 7.93. The lowest BCUT2D eigenvalue weighted by Crippen LogP contribution is -2.00. The van der Waals surface area contributed by atoms with Crippen molar-refractivity contribution in [2.75, 3.05) is 6.61 Å². The van der Waals surface area contributed by atoms with Gasteiger partial charge in [-0.3, -0.25) is 0 Å². The number of allylic oxidation sites excluding steroid dienone is 1. The van der Waals surface area contributed by atoms with Crippen LogP contribution >= 0.6 is 11.6 Å². The minimum atomic E-state index is -0.147. The first kappa shape index (κ1) is 10.8. The molecule has 1 radical (unpaired) electrons. The van der Waals surface area contributed by atoms with Crippen LogP contribution in [0, 0.1) is 6.92 Å². The van der Waals surface area contributed by atoms with Crippen LogP contribution in [-0.2, 0) is 4.74 Å². The Balaban J connectivity index is 3.03. The first-order valence-electron chi connectivity index (χ1n) is 4.01. The van der Waals surface area contributed by atoms with E-state index in [9.17, 15) is 0 Å². The predicted molar refractivity (Wildman–Crippen MR) is 49.6 cm³/mol. The molecular formula is C9H16ClO. The van der Waals surface area contributed by atoms with Crippen LogP contribution in [0.5, 0.6) is 0 Å². The van der Waals surface area contributed by atoms with Gasteiger partial charge < -0.3 is 4.74 Å². The summed E-state index contributed by atoms with van der Waals surface area (Å²) in [5, 5.41) is -0.147. The number of alkyl halides is 1. The molecule has 2 heteroatoms. The molecule has 65 valence electrons. The normalized spacial score (nSPS) is 13.7. The van der Waals surface area contributed by atoms with Crippen LogP contribution in [-0.4, -0.2) is 12.0 Å². The Hall–Kier alpha value is -0.170. The lowest BCUT2D eigenvalue weighted by atomic mass is 10.2. The van der Waals surface area contributed by atoms with Crippen LogP contribution in [0.25, 0.3) is 0 Å². The molecule has 0 aromatic carbocycles. The summed E-state index contributed by atoms with van der Waals surface area (Å²) in [6.07, 6.45) is 7.24. The Morgan fingerprint density at radius 2 is 2.36 bits per heavy atom. The van der Waals surface area contributed by atoms with Gasteiger partial charge in [-0.15, -0.1) is 11.6 Å². The molecule has 0 bridgehead atoms. The van der Waals surface area contributed by atoms with Crippen LogP contribution in [0.15, 0.2) is 12.3 Å². The largest absolute Gasteiger partial charge is 0.500 e. The maximum atomic E-state index is 5.55. The minimum absolute atomic E-state index is 0.147. The van der Waals surface area contributed by atoms with E-state index in [4.69, 9.17) is 16.3 Å². The van der Waals surface area contributed by atoms with Crippen molar-refractivity contribution in [2.45, 2.75) is 31.6 Å². The first-order chi connectivity index (χ1) is 5.27. The van der Waals surface area contributed by atoms with E-state index in [1.807, 2.05) is 6.08 Å². The molecule has 0 aliphatic heterocycles. The lowest BCUT2D eigenvalue weighted by molar-refractivity contribution is 0.256. The summed E-state index contributed by atoms with van der Waals surface area (Å²) in [4.78, 5) is 0. The van der Waals surface area contributed by atoms with Crippen molar-refractivity contribution >= 4 is 11.6 Å². The van der Waals surface area contributed by atoms with Gasteiger partial charge in [-0.25, -0.2) is 0 Å². The maximum Gasteiger partial charge on any atom is 0.104 e. The number of hydrogen-bond acceptors (Lipinski definition) is 1. The van der Waals surface area contributed by atoms with E-state index in [1.165, 1.54) is 12.8 Å². The summed E-state index contributed by atoms with van der Waals surface area (Å²) in [7, 11) is 0. The molecule has 0 aromatic heterocycles.